The largest absolute Gasteiger partial charge is 0.455 e. The molecular weight excluding hydrogens is 245 g/mol. The summed E-state index contributed by atoms with van der Waals surface area (Å²) >= 11 is 0. The number of aromatic nitrogens is 2. The van der Waals surface area contributed by atoms with E-state index in [-0.39, 0.29) is 17.3 Å². The molecule has 1 aromatic rings. The molecule has 1 heterocycles. The van der Waals surface area contributed by atoms with E-state index in [9.17, 15) is 18.0 Å². The predicted octanol–water partition coefficient (Wildman–Crippen LogP) is 3.33. The van der Waals surface area contributed by atoms with Gasteiger partial charge in [0.25, 0.3) is 5.78 Å². The Kier molecular flexibility index (Phi) is 4.19. The number of hydrogen-bond donors (Lipinski definition) is 0. The van der Waals surface area contributed by atoms with E-state index in [0.717, 1.165) is 0 Å². The number of nitrogens with zero attached hydrogens (tertiary/aromatic N) is 2. The maximum absolute atomic E-state index is 12.6. The molecule has 102 valence electrons. The zero-order valence-corrected chi connectivity index (χ0v) is 10.9. The summed E-state index contributed by atoms with van der Waals surface area (Å²) < 4.78 is 39.3. The van der Waals surface area contributed by atoms with Gasteiger partial charge in [-0.25, -0.2) is 0 Å². The maximum atomic E-state index is 12.6. The van der Waals surface area contributed by atoms with Crippen molar-refractivity contribution in [1.29, 1.82) is 0 Å². The van der Waals surface area contributed by atoms with Crippen LogP contribution in [0.1, 0.15) is 55.5 Å². The minimum atomic E-state index is -4.85. The number of hydrogen-bond acceptors (Lipinski definition) is 2. The molecule has 0 spiro atoms. The first-order chi connectivity index (χ1) is 8.23. The maximum Gasteiger partial charge on any atom is 0.455 e. The number of aryl methyl sites for hydroxylation is 1. The van der Waals surface area contributed by atoms with Gasteiger partial charge in [0.2, 0.25) is 0 Å². The summed E-state index contributed by atoms with van der Waals surface area (Å²) in [6, 6.07) is -0.0694. The number of ketones is 1. The third-order valence-electron chi connectivity index (χ3n) is 2.73. The number of carbonyl (C=O) groups is 1. The highest BCUT2D eigenvalue weighted by Gasteiger charge is 2.42. The van der Waals surface area contributed by atoms with Crippen molar-refractivity contribution in [3.05, 3.63) is 17.0 Å². The first-order valence-corrected chi connectivity index (χ1v) is 5.95. The van der Waals surface area contributed by atoms with Crippen LogP contribution in [0, 0.1) is 0 Å². The molecule has 0 amide bonds. The number of alkyl halides is 3. The van der Waals surface area contributed by atoms with Crippen LogP contribution in [0.25, 0.3) is 0 Å². The summed E-state index contributed by atoms with van der Waals surface area (Å²) in [5.41, 5.74) is 0.327. The zero-order chi connectivity index (χ0) is 14.1. The molecule has 0 radical (unpaired) electrons. The van der Waals surface area contributed by atoms with Crippen molar-refractivity contribution in [2.75, 3.05) is 0 Å². The highest BCUT2D eigenvalue weighted by molar-refractivity contribution is 6.02. The summed E-state index contributed by atoms with van der Waals surface area (Å²) in [5, 5.41) is 4.13. The Morgan fingerprint density at radius 2 is 1.83 bits per heavy atom. The Bertz CT molecular complexity index is 447. The Morgan fingerprint density at radius 1 is 1.28 bits per heavy atom. The van der Waals surface area contributed by atoms with E-state index < -0.39 is 12.0 Å². The van der Waals surface area contributed by atoms with Crippen LogP contribution in [0.3, 0.4) is 0 Å². The summed E-state index contributed by atoms with van der Waals surface area (Å²) in [6.45, 7) is 7.07. The van der Waals surface area contributed by atoms with Gasteiger partial charge in [-0.1, -0.05) is 13.8 Å². The normalized spacial score (nSPS) is 12.2. The third kappa shape index (κ3) is 2.57. The van der Waals surface area contributed by atoms with Gasteiger partial charge < -0.3 is 0 Å². The molecule has 0 bridgehead atoms. The van der Waals surface area contributed by atoms with E-state index in [0.29, 0.717) is 18.5 Å². The molecule has 6 heteroatoms. The van der Waals surface area contributed by atoms with Crippen LogP contribution in [-0.2, 0) is 12.8 Å². The van der Waals surface area contributed by atoms with E-state index in [1.54, 1.807) is 13.8 Å². The van der Waals surface area contributed by atoms with Gasteiger partial charge in [-0.3, -0.25) is 9.48 Å². The van der Waals surface area contributed by atoms with E-state index in [2.05, 4.69) is 5.10 Å². The number of carbonyl (C=O) groups excluding carboxylic acids is 1. The number of halogens is 3. The average Bonchev–Trinajstić information content (AvgIpc) is 2.64. The van der Waals surface area contributed by atoms with Gasteiger partial charge in [0, 0.05) is 11.7 Å². The Morgan fingerprint density at radius 3 is 2.17 bits per heavy atom. The summed E-state index contributed by atoms with van der Waals surface area (Å²) in [7, 11) is 0. The highest BCUT2D eigenvalue weighted by atomic mass is 19.4. The predicted molar refractivity (Wildman–Crippen MR) is 61.8 cm³/mol. The van der Waals surface area contributed by atoms with Gasteiger partial charge in [0.05, 0.1) is 11.3 Å². The van der Waals surface area contributed by atoms with Crippen molar-refractivity contribution in [1.82, 2.24) is 9.78 Å². The second-order valence-corrected chi connectivity index (χ2v) is 4.34. The highest BCUT2D eigenvalue weighted by Crippen LogP contribution is 2.28. The first-order valence-electron chi connectivity index (χ1n) is 5.95. The van der Waals surface area contributed by atoms with E-state index in [4.69, 9.17) is 0 Å². The third-order valence-corrected chi connectivity index (χ3v) is 2.73. The minimum absolute atomic E-state index is 0.0694. The summed E-state index contributed by atoms with van der Waals surface area (Å²) in [5.74, 6) is -1.79. The lowest BCUT2D eigenvalue weighted by Crippen LogP contribution is -2.25. The fourth-order valence-corrected chi connectivity index (χ4v) is 1.94. The van der Waals surface area contributed by atoms with Gasteiger partial charge in [-0.05, 0) is 26.7 Å². The van der Waals surface area contributed by atoms with Gasteiger partial charge in [0.1, 0.15) is 0 Å². The van der Waals surface area contributed by atoms with Crippen LogP contribution in [0.5, 0.6) is 0 Å². The molecule has 1 aromatic heterocycles. The molecule has 0 saturated carbocycles. The molecule has 0 N–H and O–H groups in total. The molecule has 0 aliphatic rings. The number of Topliss-reactive ketones (excluding diaryl/α,β-unsaturated/α-hetero) is 1. The lowest BCUT2D eigenvalue weighted by molar-refractivity contribution is -0.0886. The molecule has 0 atom stereocenters. The van der Waals surface area contributed by atoms with E-state index in [1.165, 1.54) is 4.68 Å². The minimum Gasteiger partial charge on any atom is -0.284 e. The van der Waals surface area contributed by atoms with Gasteiger partial charge in [-0.15, -0.1) is 0 Å². The SMILES string of the molecule is CCc1nn(C(C)C)c(CC)c1C(=O)C(F)(F)F. The molecule has 0 aliphatic carbocycles. The van der Waals surface area contributed by atoms with Crippen LogP contribution >= 0.6 is 0 Å². The number of rotatable bonds is 4. The van der Waals surface area contributed by atoms with Crippen LogP contribution < -0.4 is 0 Å². The van der Waals surface area contributed by atoms with Crippen LogP contribution in [0.2, 0.25) is 0 Å². The molecule has 3 nitrogen and oxygen atoms in total. The van der Waals surface area contributed by atoms with E-state index >= 15 is 0 Å². The van der Waals surface area contributed by atoms with Crippen molar-refractivity contribution in [3.63, 3.8) is 0 Å². The smallest absolute Gasteiger partial charge is 0.284 e. The van der Waals surface area contributed by atoms with Gasteiger partial charge in [-0.2, -0.15) is 18.3 Å². The van der Waals surface area contributed by atoms with Crippen molar-refractivity contribution in [2.24, 2.45) is 0 Å². The molecule has 1 rings (SSSR count). The standard InChI is InChI=1S/C12H17F3N2O/c1-5-8-10(11(18)12(13,14)15)9(6-2)17(16-8)7(3)4/h7H,5-6H2,1-4H3. The second kappa shape index (κ2) is 5.12. The van der Waals surface area contributed by atoms with Crippen LogP contribution in [0.4, 0.5) is 13.2 Å². The fourth-order valence-electron chi connectivity index (χ4n) is 1.94. The molecule has 0 fully saturated rings. The molecule has 18 heavy (non-hydrogen) atoms. The lowest BCUT2D eigenvalue weighted by atomic mass is 10.0. The van der Waals surface area contributed by atoms with Crippen molar-refractivity contribution >= 4 is 5.78 Å². The zero-order valence-electron chi connectivity index (χ0n) is 10.9. The molecule has 0 aromatic carbocycles. The van der Waals surface area contributed by atoms with Gasteiger partial charge in [0.15, 0.2) is 0 Å². The second-order valence-electron chi connectivity index (χ2n) is 4.34. The monoisotopic (exact) mass is 262 g/mol. The van der Waals surface area contributed by atoms with Gasteiger partial charge >= 0.3 is 6.18 Å². The summed E-state index contributed by atoms with van der Waals surface area (Å²) in [4.78, 5) is 11.5. The Hall–Kier alpha value is -1.33. The van der Waals surface area contributed by atoms with E-state index in [1.807, 2.05) is 13.8 Å². The van der Waals surface area contributed by atoms with Crippen molar-refractivity contribution in [3.8, 4) is 0 Å². The average molecular weight is 262 g/mol. The molecule has 0 aliphatic heterocycles. The lowest BCUT2D eigenvalue weighted by Gasteiger charge is -2.11. The topological polar surface area (TPSA) is 34.9 Å². The van der Waals surface area contributed by atoms with Crippen LogP contribution in [0.15, 0.2) is 0 Å². The fraction of sp³-hybridized carbons (Fsp3) is 0.667. The Balaban J connectivity index is 3.46. The van der Waals surface area contributed by atoms with Crippen molar-refractivity contribution in [2.45, 2.75) is 52.8 Å². The first kappa shape index (κ1) is 14.7. The Labute approximate surface area is 104 Å². The van der Waals surface area contributed by atoms with Crippen molar-refractivity contribution < 1.29 is 18.0 Å². The summed E-state index contributed by atoms with van der Waals surface area (Å²) in [6.07, 6.45) is -4.19. The molecular formula is C12H17F3N2O. The van der Waals surface area contributed by atoms with Crippen LogP contribution in [-0.4, -0.2) is 21.7 Å². The quantitative estimate of drug-likeness (QED) is 0.780. The molecule has 0 unspecified atom stereocenters. The molecule has 0 saturated heterocycles.